The van der Waals surface area contributed by atoms with Gasteiger partial charge in [-0.05, 0) is 73.6 Å². The fraction of sp³-hybridized carbons (Fsp3) is 0.375. The Labute approximate surface area is 233 Å². The summed E-state index contributed by atoms with van der Waals surface area (Å²) in [5.41, 5.74) is 9.79. The average Bonchev–Trinajstić information content (AvgIpc) is 3.48. The number of aromatic nitrogens is 3. The zero-order valence-corrected chi connectivity index (χ0v) is 23.4. The van der Waals surface area contributed by atoms with Gasteiger partial charge in [-0.1, -0.05) is 47.2 Å². The van der Waals surface area contributed by atoms with Gasteiger partial charge in [0.25, 0.3) is 0 Å². The topological polar surface area (TPSA) is 86.5 Å². The van der Waals surface area contributed by atoms with E-state index in [1.54, 1.807) is 4.68 Å². The van der Waals surface area contributed by atoms with E-state index in [1.165, 1.54) is 22.3 Å². The molecule has 8 heteroatoms. The van der Waals surface area contributed by atoms with E-state index in [4.69, 9.17) is 9.47 Å². The summed E-state index contributed by atoms with van der Waals surface area (Å²) in [6.45, 7) is 8.13. The summed E-state index contributed by atoms with van der Waals surface area (Å²) in [5, 5.41) is 8.54. The van der Waals surface area contributed by atoms with Crippen LogP contribution in [0.2, 0.25) is 0 Å². The number of hydrogen-bond acceptors (Lipinski definition) is 7. The zero-order valence-electron chi connectivity index (χ0n) is 23.4. The second-order valence-electron chi connectivity index (χ2n) is 11.2. The van der Waals surface area contributed by atoms with Gasteiger partial charge >= 0.3 is 12.4 Å². The lowest BCUT2D eigenvalue weighted by Crippen LogP contribution is -2.33. The Bertz CT molecular complexity index is 1610. The molecule has 2 aliphatic rings. The fourth-order valence-electron chi connectivity index (χ4n) is 6.55. The predicted octanol–water partition coefficient (Wildman–Crippen LogP) is 5.08. The molecule has 0 radical (unpaired) electrons. The van der Waals surface area contributed by atoms with Crippen LogP contribution in [0.5, 0.6) is 5.75 Å². The van der Waals surface area contributed by atoms with Crippen LogP contribution in [0.15, 0.2) is 48.5 Å². The van der Waals surface area contributed by atoms with Gasteiger partial charge in [-0.3, -0.25) is 14.5 Å². The Balaban J connectivity index is 1.39. The van der Waals surface area contributed by atoms with Crippen LogP contribution in [0.1, 0.15) is 70.7 Å². The lowest BCUT2D eigenvalue weighted by Gasteiger charge is -2.30. The third-order valence-electron chi connectivity index (χ3n) is 8.47. The summed E-state index contributed by atoms with van der Waals surface area (Å²) in [6.07, 6.45) is 2.17. The smallest absolute Gasteiger partial charge is 0.314 e. The molecule has 0 saturated heterocycles. The number of carbonyl (C=O) groups excluding carboxylic acids is 2. The molecule has 8 nitrogen and oxygen atoms in total. The standard InChI is InChI=1S/C32H34N4O4/c1-19-5-12-30-24(13-19)17-36(16-20(2)40-30)28-10-8-22-6-7-23(14-27(22)28)26(15-31(38)39-18-37)25-9-11-29-32(21(25)3)33-34-35(29)4/h5-7,9,11-14,18,20,26,28H,8,10,15-17H2,1-4H3/t20-,26?,28?/m1/s1. The Kier molecular flexibility index (Phi) is 6.88. The Morgan fingerprint density at radius 3 is 2.83 bits per heavy atom. The van der Waals surface area contributed by atoms with Gasteiger partial charge in [-0.2, -0.15) is 0 Å². The van der Waals surface area contributed by atoms with Gasteiger partial charge in [0.1, 0.15) is 17.4 Å². The molecule has 0 fully saturated rings. The highest BCUT2D eigenvalue weighted by atomic mass is 16.6. The van der Waals surface area contributed by atoms with E-state index in [1.807, 2.05) is 26.1 Å². The number of benzene rings is 3. The monoisotopic (exact) mass is 538 g/mol. The minimum absolute atomic E-state index is 0.0516. The lowest BCUT2D eigenvalue weighted by atomic mass is 9.84. The SMILES string of the molecule is Cc1ccc2c(c1)CN(C1CCc3ccc(C(CC(=O)OC=O)c4ccc5c(nnn5C)c4C)cc31)C[C@@H](C)O2. The van der Waals surface area contributed by atoms with Crippen molar-refractivity contribution in [1.82, 2.24) is 19.9 Å². The summed E-state index contributed by atoms with van der Waals surface area (Å²) in [4.78, 5) is 26.1. The maximum Gasteiger partial charge on any atom is 0.314 e. The second-order valence-corrected chi connectivity index (χ2v) is 11.2. The molecule has 2 unspecified atom stereocenters. The molecule has 1 aromatic heterocycles. The largest absolute Gasteiger partial charge is 0.489 e. The third kappa shape index (κ3) is 4.77. The summed E-state index contributed by atoms with van der Waals surface area (Å²) < 4.78 is 12.8. The van der Waals surface area contributed by atoms with Gasteiger partial charge in [-0.15, -0.1) is 5.10 Å². The minimum Gasteiger partial charge on any atom is -0.489 e. The molecule has 1 aliphatic heterocycles. The van der Waals surface area contributed by atoms with E-state index in [2.05, 4.69) is 65.5 Å². The first-order valence-corrected chi connectivity index (χ1v) is 13.9. The van der Waals surface area contributed by atoms with Gasteiger partial charge in [0.15, 0.2) is 0 Å². The Morgan fingerprint density at radius 2 is 2.00 bits per heavy atom. The van der Waals surface area contributed by atoms with Gasteiger partial charge in [-0.25, -0.2) is 4.68 Å². The van der Waals surface area contributed by atoms with E-state index in [-0.39, 0.29) is 31.0 Å². The molecule has 6 rings (SSSR count). The number of carbonyl (C=O) groups is 2. The fourth-order valence-corrected chi connectivity index (χ4v) is 6.55. The molecule has 4 aromatic rings. The first-order valence-electron chi connectivity index (χ1n) is 13.9. The van der Waals surface area contributed by atoms with Crippen molar-refractivity contribution in [3.8, 4) is 5.75 Å². The number of aryl methyl sites for hydroxylation is 4. The number of esters is 1. The zero-order chi connectivity index (χ0) is 28.0. The number of hydrogen-bond donors (Lipinski definition) is 0. The van der Waals surface area contributed by atoms with Crippen molar-refractivity contribution >= 4 is 23.5 Å². The molecule has 0 N–H and O–H groups in total. The van der Waals surface area contributed by atoms with Crippen LogP contribution < -0.4 is 4.74 Å². The van der Waals surface area contributed by atoms with Crippen molar-refractivity contribution in [2.24, 2.45) is 7.05 Å². The molecule has 40 heavy (non-hydrogen) atoms. The summed E-state index contributed by atoms with van der Waals surface area (Å²) >= 11 is 0. The van der Waals surface area contributed by atoms with E-state index < -0.39 is 5.97 Å². The van der Waals surface area contributed by atoms with Crippen LogP contribution in [-0.4, -0.2) is 45.0 Å². The molecule has 0 bridgehead atoms. The Morgan fingerprint density at radius 1 is 1.15 bits per heavy atom. The van der Waals surface area contributed by atoms with Crippen molar-refractivity contribution in [3.63, 3.8) is 0 Å². The molecule has 0 spiro atoms. The van der Waals surface area contributed by atoms with E-state index in [0.717, 1.165) is 59.4 Å². The molecule has 3 atom stereocenters. The Hall–Kier alpha value is -4.04. The van der Waals surface area contributed by atoms with Crippen molar-refractivity contribution in [2.75, 3.05) is 6.54 Å². The predicted molar refractivity (Wildman–Crippen MR) is 151 cm³/mol. The maximum atomic E-state index is 12.6. The summed E-state index contributed by atoms with van der Waals surface area (Å²) in [5.74, 6) is 0.123. The first-order chi connectivity index (χ1) is 19.3. The molecule has 2 heterocycles. The van der Waals surface area contributed by atoms with Crippen LogP contribution >= 0.6 is 0 Å². The summed E-state index contributed by atoms with van der Waals surface area (Å²) in [7, 11) is 1.86. The molecule has 3 aromatic carbocycles. The maximum absolute atomic E-state index is 12.6. The molecule has 0 saturated carbocycles. The third-order valence-corrected chi connectivity index (χ3v) is 8.47. The van der Waals surface area contributed by atoms with Crippen molar-refractivity contribution in [2.45, 2.75) is 64.6 Å². The number of rotatable bonds is 6. The van der Waals surface area contributed by atoms with Gasteiger partial charge < -0.3 is 9.47 Å². The summed E-state index contributed by atoms with van der Waals surface area (Å²) in [6, 6.07) is 17.3. The number of ether oxygens (including phenoxy) is 2. The average molecular weight is 539 g/mol. The van der Waals surface area contributed by atoms with Crippen LogP contribution in [-0.2, 0) is 34.3 Å². The van der Waals surface area contributed by atoms with E-state index >= 15 is 0 Å². The number of fused-ring (bicyclic) bond motifs is 3. The molecule has 1 aliphatic carbocycles. The van der Waals surface area contributed by atoms with Crippen molar-refractivity contribution in [3.05, 3.63) is 87.5 Å². The molecule has 0 amide bonds. The van der Waals surface area contributed by atoms with Gasteiger partial charge in [0, 0.05) is 37.7 Å². The first kappa shape index (κ1) is 26.2. The van der Waals surface area contributed by atoms with E-state index in [0.29, 0.717) is 0 Å². The van der Waals surface area contributed by atoms with Crippen LogP contribution in [0.4, 0.5) is 0 Å². The second kappa shape index (κ2) is 10.5. The van der Waals surface area contributed by atoms with Crippen molar-refractivity contribution < 1.29 is 19.1 Å². The molecule has 206 valence electrons. The highest BCUT2D eigenvalue weighted by Crippen LogP contribution is 2.42. The highest BCUT2D eigenvalue weighted by molar-refractivity contribution is 5.81. The molecular weight excluding hydrogens is 504 g/mol. The minimum atomic E-state index is -0.554. The van der Waals surface area contributed by atoms with Crippen molar-refractivity contribution in [1.29, 1.82) is 0 Å². The highest BCUT2D eigenvalue weighted by Gasteiger charge is 2.33. The van der Waals surface area contributed by atoms with E-state index in [9.17, 15) is 9.59 Å². The number of nitrogens with zero attached hydrogens (tertiary/aromatic N) is 4. The van der Waals surface area contributed by atoms with Gasteiger partial charge in [0.2, 0.25) is 0 Å². The van der Waals surface area contributed by atoms with Crippen LogP contribution in [0.3, 0.4) is 0 Å². The lowest BCUT2D eigenvalue weighted by molar-refractivity contribution is -0.151. The van der Waals surface area contributed by atoms with Crippen LogP contribution in [0.25, 0.3) is 11.0 Å². The molecular formula is C32H34N4O4. The van der Waals surface area contributed by atoms with Crippen LogP contribution in [0, 0.1) is 13.8 Å². The normalized spacial score (nSPS) is 19.4. The quantitative estimate of drug-likeness (QED) is 0.192. The van der Waals surface area contributed by atoms with Gasteiger partial charge in [0.05, 0.1) is 11.9 Å².